The van der Waals surface area contributed by atoms with Crippen LogP contribution < -0.4 is 10.1 Å². The number of carbonyl (C=O) groups is 1. The van der Waals surface area contributed by atoms with Crippen molar-refractivity contribution in [2.24, 2.45) is 0 Å². The zero-order valence-corrected chi connectivity index (χ0v) is 13.9. The highest BCUT2D eigenvalue weighted by Gasteiger charge is 2.10. The Morgan fingerprint density at radius 2 is 2.21 bits per heavy atom. The van der Waals surface area contributed by atoms with Gasteiger partial charge in [-0.05, 0) is 25.2 Å². The van der Waals surface area contributed by atoms with Crippen LogP contribution in [0.4, 0.5) is 0 Å². The summed E-state index contributed by atoms with van der Waals surface area (Å²) in [5.74, 6) is 0.430. The molecule has 0 aromatic heterocycles. The molecule has 0 saturated heterocycles. The Labute approximate surface area is 133 Å². The van der Waals surface area contributed by atoms with Gasteiger partial charge in [-0.2, -0.15) is 0 Å². The van der Waals surface area contributed by atoms with Crippen molar-refractivity contribution in [1.29, 1.82) is 0 Å². The highest BCUT2D eigenvalue weighted by Crippen LogP contribution is 2.27. The van der Waals surface area contributed by atoms with Gasteiger partial charge in [0.2, 0.25) is 0 Å². The molecule has 1 aromatic carbocycles. The number of hydrogen-bond donors (Lipinski definition) is 1. The third-order valence-corrected chi connectivity index (χ3v) is 3.16. The fraction of sp³-hybridized carbons (Fsp3) is 0.417. The average molecular weight is 372 g/mol. The lowest BCUT2D eigenvalue weighted by molar-refractivity contribution is -0.131. The van der Waals surface area contributed by atoms with E-state index in [1.54, 1.807) is 24.1 Å². The lowest BCUT2D eigenvalue weighted by atomic mass is 10.3. The quantitative estimate of drug-likeness (QED) is 0.835. The predicted molar refractivity (Wildman–Crippen MR) is 83.5 cm³/mol. The highest BCUT2D eigenvalue weighted by atomic mass is 79.9. The van der Waals surface area contributed by atoms with E-state index >= 15 is 0 Å². The highest BCUT2D eigenvalue weighted by molar-refractivity contribution is 9.10. The fourth-order valence-corrected chi connectivity index (χ4v) is 1.97. The van der Waals surface area contributed by atoms with E-state index in [4.69, 9.17) is 16.3 Å². The van der Waals surface area contributed by atoms with Gasteiger partial charge >= 0.3 is 0 Å². The summed E-state index contributed by atoms with van der Waals surface area (Å²) in [5.41, 5.74) is 0. The number of carbonyl (C=O) groups excluding carboxylic acids is 1. The number of halogens is 3. The first-order chi connectivity index (χ1) is 8.54. The van der Waals surface area contributed by atoms with E-state index in [1.165, 1.54) is 0 Å². The molecular formula is C12H17BrCl2N2O2. The van der Waals surface area contributed by atoms with Crippen molar-refractivity contribution in [3.05, 3.63) is 27.7 Å². The molecule has 0 aliphatic carbocycles. The molecule has 19 heavy (non-hydrogen) atoms. The molecule has 1 amide bonds. The van der Waals surface area contributed by atoms with Crippen LogP contribution >= 0.6 is 39.9 Å². The summed E-state index contributed by atoms with van der Waals surface area (Å²) in [4.78, 5) is 13.3. The van der Waals surface area contributed by atoms with Crippen LogP contribution in [0.15, 0.2) is 22.7 Å². The van der Waals surface area contributed by atoms with Gasteiger partial charge in [0.05, 0.1) is 5.02 Å². The van der Waals surface area contributed by atoms with Crippen molar-refractivity contribution in [3.8, 4) is 5.75 Å². The van der Waals surface area contributed by atoms with Gasteiger partial charge in [-0.25, -0.2) is 0 Å². The molecule has 0 aliphatic heterocycles. The first kappa shape index (κ1) is 18.5. The minimum atomic E-state index is -0.0794. The molecule has 4 nitrogen and oxygen atoms in total. The third-order valence-electron chi connectivity index (χ3n) is 2.37. The summed E-state index contributed by atoms with van der Waals surface area (Å²) >= 11 is 9.29. The first-order valence-electron chi connectivity index (χ1n) is 5.51. The van der Waals surface area contributed by atoms with Gasteiger partial charge in [0, 0.05) is 24.6 Å². The summed E-state index contributed by atoms with van der Waals surface area (Å²) in [6.07, 6.45) is 0. The minimum absolute atomic E-state index is 0. The number of likely N-dealkylation sites (N-methyl/N-ethyl adjacent to an activating group) is 2. The van der Waals surface area contributed by atoms with E-state index in [9.17, 15) is 4.79 Å². The maximum atomic E-state index is 11.7. The number of rotatable bonds is 6. The third kappa shape index (κ3) is 6.47. The summed E-state index contributed by atoms with van der Waals surface area (Å²) < 4.78 is 6.26. The molecule has 0 bridgehead atoms. The number of nitrogens with zero attached hydrogens (tertiary/aromatic N) is 1. The summed E-state index contributed by atoms with van der Waals surface area (Å²) in [6, 6.07) is 5.27. The molecule has 0 saturated carbocycles. The van der Waals surface area contributed by atoms with Crippen LogP contribution in [0.5, 0.6) is 5.75 Å². The topological polar surface area (TPSA) is 41.6 Å². The van der Waals surface area contributed by atoms with E-state index in [1.807, 2.05) is 13.1 Å². The van der Waals surface area contributed by atoms with Crippen LogP contribution in [0, 0.1) is 0 Å². The maximum Gasteiger partial charge on any atom is 0.260 e. The molecule has 0 spiro atoms. The lowest BCUT2D eigenvalue weighted by Gasteiger charge is -2.17. The Hall–Kier alpha value is -0.490. The van der Waals surface area contributed by atoms with Crippen molar-refractivity contribution in [2.75, 3.05) is 33.8 Å². The maximum absolute atomic E-state index is 11.7. The fourth-order valence-electron chi connectivity index (χ4n) is 1.25. The summed E-state index contributed by atoms with van der Waals surface area (Å²) in [7, 11) is 3.59. The second kappa shape index (κ2) is 9.42. The van der Waals surface area contributed by atoms with E-state index < -0.39 is 0 Å². The largest absolute Gasteiger partial charge is 0.482 e. The number of benzene rings is 1. The molecule has 0 unspecified atom stereocenters. The number of ether oxygens (including phenoxy) is 1. The molecule has 108 valence electrons. The van der Waals surface area contributed by atoms with Crippen molar-refractivity contribution in [1.82, 2.24) is 10.2 Å². The number of hydrogen-bond acceptors (Lipinski definition) is 3. The predicted octanol–water partition coefficient (Wildman–Crippen LogP) is 2.58. The van der Waals surface area contributed by atoms with Gasteiger partial charge in [-0.3, -0.25) is 4.79 Å². The zero-order chi connectivity index (χ0) is 13.5. The van der Waals surface area contributed by atoms with E-state index in [0.717, 1.165) is 11.0 Å². The minimum Gasteiger partial charge on any atom is -0.482 e. The van der Waals surface area contributed by atoms with Gasteiger partial charge in [0.25, 0.3) is 5.91 Å². The van der Waals surface area contributed by atoms with Gasteiger partial charge < -0.3 is 15.0 Å². The summed E-state index contributed by atoms with van der Waals surface area (Å²) in [5, 5.41) is 3.46. The molecular weight excluding hydrogens is 355 g/mol. The molecule has 0 aliphatic rings. The molecule has 1 rings (SSSR count). The molecule has 0 heterocycles. The Kier molecular flexibility index (Phi) is 9.18. The summed E-state index contributed by atoms with van der Waals surface area (Å²) in [6.45, 7) is 1.38. The van der Waals surface area contributed by atoms with Crippen LogP contribution in [0.3, 0.4) is 0 Å². The molecule has 1 aromatic rings. The van der Waals surface area contributed by atoms with Crippen LogP contribution in [0.2, 0.25) is 5.02 Å². The monoisotopic (exact) mass is 370 g/mol. The van der Waals surface area contributed by atoms with Crippen LogP contribution in [0.25, 0.3) is 0 Å². The Balaban J connectivity index is 0.00000324. The van der Waals surface area contributed by atoms with Gasteiger partial charge in [0.1, 0.15) is 5.75 Å². The number of nitrogens with one attached hydrogen (secondary N) is 1. The molecule has 0 fully saturated rings. The lowest BCUT2D eigenvalue weighted by Crippen LogP contribution is -2.35. The molecule has 0 atom stereocenters. The van der Waals surface area contributed by atoms with E-state index in [-0.39, 0.29) is 24.9 Å². The number of amides is 1. The smallest absolute Gasteiger partial charge is 0.260 e. The Bertz CT molecular complexity index is 419. The zero-order valence-electron chi connectivity index (χ0n) is 10.8. The first-order valence-corrected chi connectivity index (χ1v) is 6.68. The molecule has 7 heteroatoms. The van der Waals surface area contributed by atoms with Gasteiger partial charge in [0.15, 0.2) is 6.61 Å². The second-order valence-corrected chi connectivity index (χ2v) is 5.11. The second-order valence-electron chi connectivity index (χ2n) is 3.78. The molecule has 0 radical (unpaired) electrons. The van der Waals surface area contributed by atoms with E-state index in [0.29, 0.717) is 17.3 Å². The SMILES string of the molecule is CNCCN(C)C(=O)COc1ccc(Br)cc1Cl.Cl. The van der Waals surface area contributed by atoms with Crippen molar-refractivity contribution >= 4 is 45.8 Å². The van der Waals surface area contributed by atoms with Crippen LogP contribution in [0.1, 0.15) is 0 Å². The average Bonchev–Trinajstić information content (AvgIpc) is 2.34. The van der Waals surface area contributed by atoms with Crippen LogP contribution in [-0.4, -0.2) is 44.6 Å². The van der Waals surface area contributed by atoms with Crippen molar-refractivity contribution in [2.45, 2.75) is 0 Å². The van der Waals surface area contributed by atoms with Crippen molar-refractivity contribution in [3.63, 3.8) is 0 Å². The van der Waals surface area contributed by atoms with Crippen molar-refractivity contribution < 1.29 is 9.53 Å². The van der Waals surface area contributed by atoms with Gasteiger partial charge in [-0.15, -0.1) is 12.4 Å². The molecule has 1 N–H and O–H groups in total. The van der Waals surface area contributed by atoms with E-state index in [2.05, 4.69) is 21.2 Å². The normalized spacial score (nSPS) is 9.68. The van der Waals surface area contributed by atoms with Crippen LogP contribution in [-0.2, 0) is 4.79 Å². The Morgan fingerprint density at radius 1 is 1.53 bits per heavy atom. The van der Waals surface area contributed by atoms with Gasteiger partial charge in [-0.1, -0.05) is 27.5 Å². The standard InChI is InChI=1S/C12H16BrClN2O2.ClH/c1-15-5-6-16(2)12(17)8-18-11-4-3-9(13)7-10(11)14;/h3-4,7,15H,5-6,8H2,1-2H3;1H. The Morgan fingerprint density at radius 3 is 2.79 bits per heavy atom.